The number of allylic oxidation sites excluding steroid dienone is 1. The summed E-state index contributed by atoms with van der Waals surface area (Å²) in [6.07, 6.45) is 9.56. The lowest BCUT2D eigenvalue weighted by molar-refractivity contribution is -0.0101. The van der Waals surface area contributed by atoms with Crippen LogP contribution in [0.15, 0.2) is 12.2 Å². The van der Waals surface area contributed by atoms with Crippen LogP contribution in [0.1, 0.15) is 26.2 Å². The smallest absolute Gasteiger partial charge is 0.104 e. The Hall–Kier alpha value is -0.340. The molecule has 2 fully saturated rings. The molecular weight excluding hydrogens is 176 g/mol. The number of hydrogen-bond acceptors (Lipinski definition) is 2. The lowest BCUT2D eigenvalue weighted by atomic mass is 9.82. The second kappa shape index (κ2) is 3.07. The van der Waals surface area contributed by atoms with Crippen LogP contribution in [0.2, 0.25) is 0 Å². The minimum Gasteiger partial charge on any atom is -0.375 e. The van der Waals surface area contributed by atoms with Crippen LogP contribution in [0.4, 0.5) is 0 Å². The van der Waals surface area contributed by atoms with E-state index in [9.17, 15) is 0 Å². The molecule has 2 aliphatic carbocycles. The maximum Gasteiger partial charge on any atom is 0.104 e. The molecule has 4 unspecified atom stereocenters. The molecule has 2 nitrogen and oxygen atoms in total. The van der Waals surface area contributed by atoms with E-state index in [0.717, 1.165) is 19.1 Å². The first-order chi connectivity index (χ1) is 6.78. The highest BCUT2D eigenvalue weighted by Gasteiger charge is 2.45. The fraction of sp³-hybridized carbons (Fsp3) is 0.833. The summed E-state index contributed by atoms with van der Waals surface area (Å²) in [6.45, 7) is 3.92. The van der Waals surface area contributed by atoms with Crippen molar-refractivity contribution < 1.29 is 9.47 Å². The van der Waals surface area contributed by atoms with Gasteiger partial charge in [0.25, 0.3) is 0 Å². The van der Waals surface area contributed by atoms with Gasteiger partial charge in [0.1, 0.15) is 6.10 Å². The van der Waals surface area contributed by atoms with E-state index in [0.29, 0.717) is 17.6 Å². The molecule has 3 aliphatic rings. The molecule has 1 aliphatic heterocycles. The van der Waals surface area contributed by atoms with Crippen molar-refractivity contribution in [3.05, 3.63) is 12.2 Å². The summed E-state index contributed by atoms with van der Waals surface area (Å²) in [5.74, 6) is 0.846. The first-order valence-electron chi connectivity index (χ1n) is 5.71. The molecule has 3 rings (SSSR count). The van der Waals surface area contributed by atoms with Crippen LogP contribution in [-0.2, 0) is 9.47 Å². The first kappa shape index (κ1) is 8.93. The molecule has 0 aromatic carbocycles. The van der Waals surface area contributed by atoms with Gasteiger partial charge in [0, 0.05) is 5.41 Å². The largest absolute Gasteiger partial charge is 0.375 e. The molecule has 0 aromatic rings. The predicted molar refractivity (Wildman–Crippen MR) is 54.1 cm³/mol. The molecule has 2 bridgehead atoms. The second-order valence-corrected chi connectivity index (χ2v) is 5.03. The highest BCUT2D eigenvalue weighted by Crippen LogP contribution is 2.52. The van der Waals surface area contributed by atoms with Gasteiger partial charge in [0.05, 0.1) is 19.3 Å². The number of hydrogen-bond donors (Lipinski definition) is 0. The summed E-state index contributed by atoms with van der Waals surface area (Å²) in [7, 11) is 0. The third-order valence-corrected chi connectivity index (χ3v) is 4.07. The Morgan fingerprint density at radius 3 is 3.00 bits per heavy atom. The number of rotatable bonds is 4. The molecule has 0 radical (unpaired) electrons. The van der Waals surface area contributed by atoms with E-state index >= 15 is 0 Å². The van der Waals surface area contributed by atoms with Gasteiger partial charge in [-0.15, -0.1) is 0 Å². The zero-order chi connectivity index (χ0) is 9.60. The first-order valence-corrected chi connectivity index (χ1v) is 5.71. The van der Waals surface area contributed by atoms with Crippen molar-refractivity contribution in [1.82, 2.24) is 0 Å². The summed E-state index contributed by atoms with van der Waals surface area (Å²) in [6, 6.07) is 0. The SMILES string of the molecule is CC(OCC1CO1)C12C=CC(CC1)C2. The summed E-state index contributed by atoms with van der Waals surface area (Å²) in [4.78, 5) is 0. The third kappa shape index (κ3) is 1.41. The molecule has 2 heteroatoms. The predicted octanol–water partition coefficient (Wildman–Crippen LogP) is 2.15. The molecule has 1 heterocycles. The van der Waals surface area contributed by atoms with Crippen molar-refractivity contribution in [1.29, 1.82) is 0 Å². The van der Waals surface area contributed by atoms with Crippen LogP contribution in [-0.4, -0.2) is 25.4 Å². The van der Waals surface area contributed by atoms with Gasteiger partial charge >= 0.3 is 0 Å². The average molecular weight is 194 g/mol. The molecule has 0 spiro atoms. The van der Waals surface area contributed by atoms with Gasteiger partial charge in [0.15, 0.2) is 0 Å². The van der Waals surface area contributed by atoms with Crippen LogP contribution < -0.4 is 0 Å². The van der Waals surface area contributed by atoms with Gasteiger partial charge in [-0.25, -0.2) is 0 Å². The molecule has 14 heavy (non-hydrogen) atoms. The Morgan fingerprint density at radius 2 is 2.50 bits per heavy atom. The Kier molecular flexibility index (Phi) is 1.96. The van der Waals surface area contributed by atoms with Crippen LogP contribution in [0.25, 0.3) is 0 Å². The minimum absolute atomic E-state index is 0.371. The number of epoxide rings is 1. The molecule has 1 saturated heterocycles. The van der Waals surface area contributed by atoms with E-state index in [4.69, 9.17) is 9.47 Å². The maximum atomic E-state index is 5.89. The molecule has 4 atom stereocenters. The van der Waals surface area contributed by atoms with E-state index in [1.165, 1.54) is 19.3 Å². The monoisotopic (exact) mass is 194 g/mol. The van der Waals surface area contributed by atoms with Crippen molar-refractivity contribution in [3.63, 3.8) is 0 Å². The topological polar surface area (TPSA) is 21.8 Å². The average Bonchev–Trinajstić information content (AvgIpc) is 2.81. The summed E-state index contributed by atoms with van der Waals surface area (Å²) in [5.41, 5.74) is 0.375. The van der Waals surface area contributed by atoms with Gasteiger partial charge in [-0.05, 0) is 32.1 Å². The molecule has 0 amide bonds. The van der Waals surface area contributed by atoms with E-state index in [1.54, 1.807) is 0 Å². The summed E-state index contributed by atoms with van der Waals surface area (Å²) < 4.78 is 11.0. The zero-order valence-electron chi connectivity index (χ0n) is 8.74. The minimum atomic E-state index is 0.371. The van der Waals surface area contributed by atoms with Crippen molar-refractivity contribution in [3.8, 4) is 0 Å². The van der Waals surface area contributed by atoms with Gasteiger partial charge in [0.2, 0.25) is 0 Å². The van der Waals surface area contributed by atoms with Gasteiger partial charge in [-0.1, -0.05) is 12.2 Å². The molecule has 1 saturated carbocycles. The Labute approximate surface area is 85.3 Å². The van der Waals surface area contributed by atoms with Gasteiger partial charge in [-0.3, -0.25) is 0 Å². The normalized spacial score (nSPS) is 45.8. The highest BCUT2D eigenvalue weighted by molar-refractivity contribution is 5.17. The fourth-order valence-corrected chi connectivity index (χ4v) is 2.88. The van der Waals surface area contributed by atoms with Crippen molar-refractivity contribution in [2.45, 2.75) is 38.4 Å². The quantitative estimate of drug-likeness (QED) is 0.505. The molecule has 0 aromatic heterocycles. The fourth-order valence-electron chi connectivity index (χ4n) is 2.88. The molecule has 0 N–H and O–H groups in total. The van der Waals surface area contributed by atoms with Gasteiger partial charge in [-0.2, -0.15) is 0 Å². The van der Waals surface area contributed by atoms with Crippen molar-refractivity contribution in [2.24, 2.45) is 11.3 Å². The van der Waals surface area contributed by atoms with E-state index in [2.05, 4.69) is 19.1 Å². The van der Waals surface area contributed by atoms with Crippen molar-refractivity contribution in [2.75, 3.05) is 13.2 Å². The lowest BCUT2D eigenvalue weighted by Crippen LogP contribution is -2.31. The van der Waals surface area contributed by atoms with Crippen molar-refractivity contribution >= 4 is 0 Å². The molecule has 78 valence electrons. The molecular formula is C12H18O2. The van der Waals surface area contributed by atoms with E-state index in [1.807, 2.05) is 0 Å². The Bertz CT molecular complexity index is 257. The number of fused-ring (bicyclic) bond motifs is 2. The zero-order valence-corrected chi connectivity index (χ0v) is 8.74. The highest BCUT2D eigenvalue weighted by atomic mass is 16.6. The maximum absolute atomic E-state index is 5.89. The second-order valence-electron chi connectivity index (χ2n) is 5.03. The van der Waals surface area contributed by atoms with Crippen LogP contribution in [0.3, 0.4) is 0 Å². The third-order valence-electron chi connectivity index (χ3n) is 4.07. The Morgan fingerprint density at radius 1 is 1.64 bits per heavy atom. The Balaban J connectivity index is 1.60. The van der Waals surface area contributed by atoms with Gasteiger partial charge < -0.3 is 9.47 Å². The lowest BCUT2D eigenvalue weighted by Gasteiger charge is -2.30. The van der Waals surface area contributed by atoms with E-state index in [-0.39, 0.29) is 0 Å². The van der Waals surface area contributed by atoms with Crippen LogP contribution in [0, 0.1) is 11.3 Å². The standard InChI is InChI=1S/C12H18O2/c1-9(13-7-11-8-14-11)12-4-2-10(6-12)3-5-12/h2,4,9-11H,3,5-8H2,1H3. The summed E-state index contributed by atoms with van der Waals surface area (Å²) in [5, 5.41) is 0. The van der Waals surface area contributed by atoms with E-state index < -0.39 is 0 Å². The van der Waals surface area contributed by atoms with Crippen LogP contribution in [0.5, 0.6) is 0 Å². The summed E-state index contributed by atoms with van der Waals surface area (Å²) >= 11 is 0. The van der Waals surface area contributed by atoms with Crippen LogP contribution >= 0.6 is 0 Å². The number of ether oxygens (including phenoxy) is 2.